The molecule has 0 radical (unpaired) electrons. The highest BCUT2D eigenvalue weighted by molar-refractivity contribution is 6.24. The van der Waals surface area contributed by atoms with Gasteiger partial charge in [0.1, 0.15) is 6.04 Å². The van der Waals surface area contributed by atoms with Gasteiger partial charge in [0, 0.05) is 30.0 Å². The topological polar surface area (TPSA) is 119 Å². The number of nitro groups is 1. The summed E-state index contributed by atoms with van der Waals surface area (Å²) in [7, 11) is 0. The van der Waals surface area contributed by atoms with Gasteiger partial charge in [0.15, 0.2) is 17.3 Å². The molecule has 0 N–H and O–H groups in total. The number of ether oxygens (including phenoxy) is 2. The van der Waals surface area contributed by atoms with Crippen LogP contribution in [0.25, 0.3) is 6.08 Å². The molecule has 0 aromatic heterocycles. The van der Waals surface area contributed by atoms with E-state index in [1.807, 2.05) is 30.3 Å². The third-order valence-electron chi connectivity index (χ3n) is 7.71. The predicted molar refractivity (Wildman–Crippen MR) is 133 cm³/mol. The van der Waals surface area contributed by atoms with Gasteiger partial charge in [-0.05, 0) is 41.5 Å². The third-order valence-corrected chi connectivity index (χ3v) is 7.71. The van der Waals surface area contributed by atoms with E-state index < -0.39 is 40.7 Å². The molecule has 3 aromatic rings. The number of amides is 2. The summed E-state index contributed by atoms with van der Waals surface area (Å²) < 4.78 is 10.8. The first kappa shape index (κ1) is 22.2. The molecule has 10 heteroatoms. The second-order valence-corrected chi connectivity index (χ2v) is 9.55. The smallest absolute Gasteiger partial charge is 0.269 e. The molecule has 2 saturated heterocycles. The van der Waals surface area contributed by atoms with E-state index in [0.29, 0.717) is 17.2 Å². The molecular formula is C28H19N3O7. The second kappa shape index (κ2) is 8.01. The molecule has 2 amide bonds. The van der Waals surface area contributed by atoms with Crippen molar-refractivity contribution < 1.29 is 28.8 Å². The summed E-state index contributed by atoms with van der Waals surface area (Å²) in [4.78, 5) is 55.4. The van der Waals surface area contributed by atoms with Gasteiger partial charge in [0.05, 0.1) is 28.5 Å². The van der Waals surface area contributed by atoms with Gasteiger partial charge < -0.3 is 14.4 Å². The lowest BCUT2D eigenvalue weighted by Gasteiger charge is -2.35. The Kier molecular flexibility index (Phi) is 4.68. The van der Waals surface area contributed by atoms with Gasteiger partial charge >= 0.3 is 0 Å². The molecule has 4 aliphatic rings. The molecule has 0 aliphatic carbocycles. The zero-order valence-corrected chi connectivity index (χ0v) is 19.7. The van der Waals surface area contributed by atoms with E-state index >= 15 is 0 Å². The van der Waals surface area contributed by atoms with Crippen molar-refractivity contribution in [1.82, 2.24) is 4.90 Å². The van der Waals surface area contributed by atoms with Crippen molar-refractivity contribution in [3.05, 3.63) is 99.7 Å². The molecule has 0 saturated carbocycles. The molecule has 0 unspecified atom stereocenters. The van der Waals surface area contributed by atoms with Crippen LogP contribution in [0.4, 0.5) is 11.4 Å². The summed E-state index contributed by atoms with van der Waals surface area (Å²) in [6, 6.07) is 16.3. The lowest BCUT2D eigenvalue weighted by Crippen LogP contribution is -2.44. The number of nitrogens with zero attached hydrogens (tertiary/aromatic N) is 3. The molecule has 0 bridgehead atoms. The van der Waals surface area contributed by atoms with Gasteiger partial charge in [0.2, 0.25) is 18.6 Å². The number of nitro benzene ring substituents is 1. The molecule has 10 nitrogen and oxygen atoms in total. The fourth-order valence-corrected chi connectivity index (χ4v) is 6.05. The minimum Gasteiger partial charge on any atom is -0.454 e. The highest BCUT2D eigenvalue weighted by Gasteiger charge is 2.64. The number of carbonyl (C=O) groups is 3. The molecular weight excluding hydrogens is 490 g/mol. The molecule has 4 aliphatic heterocycles. The Morgan fingerprint density at radius 1 is 0.921 bits per heavy atom. The Bertz CT molecular complexity index is 1580. The van der Waals surface area contributed by atoms with Crippen LogP contribution in [-0.4, -0.2) is 40.3 Å². The van der Waals surface area contributed by atoms with E-state index in [1.54, 1.807) is 29.3 Å². The zero-order valence-electron chi connectivity index (χ0n) is 19.7. The van der Waals surface area contributed by atoms with Crippen LogP contribution in [0, 0.1) is 22.0 Å². The van der Waals surface area contributed by atoms with Crippen LogP contribution < -0.4 is 14.4 Å². The molecule has 188 valence electrons. The monoisotopic (exact) mass is 509 g/mol. The number of hydrogen-bond acceptors (Lipinski definition) is 8. The summed E-state index contributed by atoms with van der Waals surface area (Å²) in [5, 5.41) is 11.1. The number of Topliss-reactive ketones (excluding diaryl/α,β-unsaturated/α-hetero) is 1. The highest BCUT2D eigenvalue weighted by atomic mass is 16.7. The van der Waals surface area contributed by atoms with Gasteiger partial charge in [-0.25, -0.2) is 4.90 Å². The number of anilines is 1. The maximum atomic E-state index is 14.0. The summed E-state index contributed by atoms with van der Waals surface area (Å²) in [6.07, 6.45) is 3.64. The SMILES string of the molecule is O=C(c1ccc([N+](=O)[O-])cc1)[C@@H]1[C@@H]2C(=O)N(c3ccc4c(c3)OCO4)C(=O)[C@H]2[C@@H]2c3ccccc3C=CN12. The molecule has 7 rings (SSSR count). The Morgan fingerprint density at radius 2 is 1.66 bits per heavy atom. The number of hydrogen-bond donors (Lipinski definition) is 0. The second-order valence-electron chi connectivity index (χ2n) is 9.55. The van der Waals surface area contributed by atoms with Crippen LogP contribution >= 0.6 is 0 Å². The first-order valence-electron chi connectivity index (χ1n) is 12.0. The van der Waals surface area contributed by atoms with Crippen molar-refractivity contribution in [2.24, 2.45) is 11.8 Å². The maximum Gasteiger partial charge on any atom is 0.269 e. The Labute approximate surface area is 215 Å². The number of fused-ring (bicyclic) bond motifs is 6. The summed E-state index contributed by atoms with van der Waals surface area (Å²) in [6.45, 7) is 0.0535. The van der Waals surface area contributed by atoms with Gasteiger partial charge in [-0.2, -0.15) is 0 Å². The quantitative estimate of drug-likeness (QED) is 0.226. The summed E-state index contributed by atoms with van der Waals surface area (Å²) in [5.41, 5.74) is 2.22. The summed E-state index contributed by atoms with van der Waals surface area (Å²) in [5.74, 6) is -2.03. The predicted octanol–water partition coefficient (Wildman–Crippen LogP) is 3.72. The van der Waals surface area contributed by atoms with E-state index in [2.05, 4.69) is 0 Å². The molecule has 0 spiro atoms. The van der Waals surface area contributed by atoms with E-state index in [-0.39, 0.29) is 23.8 Å². The number of rotatable bonds is 4. The van der Waals surface area contributed by atoms with Crippen molar-refractivity contribution >= 4 is 35.0 Å². The molecule has 4 heterocycles. The minimum atomic E-state index is -0.966. The van der Waals surface area contributed by atoms with Crippen LogP contribution in [0.15, 0.2) is 72.9 Å². The van der Waals surface area contributed by atoms with Crippen molar-refractivity contribution in [2.45, 2.75) is 12.1 Å². The Hall–Kier alpha value is -4.99. The Morgan fingerprint density at radius 3 is 2.45 bits per heavy atom. The standard InChI is InChI=1S/C28H19N3O7/c32-26(16-5-7-17(8-6-16)31(35)36)25-23-22(24-19-4-2-1-3-15(19)11-12-29(24)25)27(33)30(28(23)34)18-9-10-20-21(13-18)38-14-37-20/h1-13,22-25H,14H2/t22-,23-,24+,25+/m1/s1. The van der Waals surface area contributed by atoms with Gasteiger partial charge in [-0.3, -0.25) is 24.5 Å². The number of ketones is 1. The van der Waals surface area contributed by atoms with E-state index in [4.69, 9.17) is 9.47 Å². The summed E-state index contributed by atoms with van der Waals surface area (Å²) >= 11 is 0. The Balaban J connectivity index is 1.34. The average molecular weight is 509 g/mol. The maximum absolute atomic E-state index is 14.0. The number of carbonyl (C=O) groups excluding carboxylic acids is 3. The molecule has 4 atom stereocenters. The fraction of sp³-hybridized carbons (Fsp3) is 0.179. The van der Waals surface area contributed by atoms with Crippen molar-refractivity contribution in [1.29, 1.82) is 0 Å². The third kappa shape index (κ3) is 3.03. The normalized spacial score (nSPS) is 24.3. The zero-order chi connectivity index (χ0) is 26.1. The van der Waals surface area contributed by atoms with Crippen LogP contribution in [0.5, 0.6) is 11.5 Å². The van der Waals surface area contributed by atoms with Gasteiger partial charge in [-0.15, -0.1) is 0 Å². The van der Waals surface area contributed by atoms with Gasteiger partial charge in [0.25, 0.3) is 5.69 Å². The lowest BCUT2D eigenvalue weighted by atomic mass is 9.83. The lowest BCUT2D eigenvalue weighted by molar-refractivity contribution is -0.384. The average Bonchev–Trinajstić information content (AvgIpc) is 3.61. The fourth-order valence-electron chi connectivity index (χ4n) is 6.05. The number of imide groups is 1. The van der Waals surface area contributed by atoms with Crippen LogP contribution in [-0.2, 0) is 9.59 Å². The first-order chi connectivity index (χ1) is 18.4. The van der Waals surface area contributed by atoms with Gasteiger partial charge in [-0.1, -0.05) is 24.3 Å². The largest absolute Gasteiger partial charge is 0.454 e. The van der Waals surface area contributed by atoms with E-state index in [1.165, 1.54) is 24.3 Å². The number of non-ortho nitro benzene ring substituents is 1. The van der Waals surface area contributed by atoms with Crippen LogP contribution in [0.2, 0.25) is 0 Å². The molecule has 38 heavy (non-hydrogen) atoms. The molecule has 3 aromatic carbocycles. The van der Waals surface area contributed by atoms with Crippen LogP contribution in [0.3, 0.4) is 0 Å². The van der Waals surface area contributed by atoms with E-state index in [9.17, 15) is 24.5 Å². The molecule has 2 fully saturated rings. The van der Waals surface area contributed by atoms with E-state index in [0.717, 1.165) is 16.0 Å². The van der Waals surface area contributed by atoms with Crippen LogP contribution in [0.1, 0.15) is 27.5 Å². The van der Waals surface area contributed by atoms with Crippen molar-refractivity contribution in [3.8, 4) is 11.5 Å². The van der Waals surface area contributed by atoms with Crippen molar-refractivity contribution in [3.63, 3.8) is 0 Å². The number of benzene rings is 3. The first-order valence-corrected chi connectivity index (χ1v) is 12.0. The highest BCUT2D eigenvalue weighted by Crippen LogP contribution is 2.54. The minimum absolute atomic E-state index is 0.0535. The van der Waals surface area contributed by atoms with Crippen molar-refractivity contribution in [2.75, 3.05) is 11.7 Å².